The van der Waals surface area contributed by atoms with Gasteiger partial charge in [-0.15, -0.1) is 0 Å². The van der Waals surface area contributed by atoms with Crippen LogP contribution in [0.15, 0.2) is 48.5 Å². The molecule has 1 fully saturated rings. The molecule has 6 heteroatoms. The van der Waals surface area contributed by atoms with E-state index in [-0.39, 0.29) is 31.6 Å². The number of aliphatic carboxylic acids is 1. The molecule has 1 N–H and O–H groups in total. The van der Waals surface area contributed by atoms with Gasteiger partial charge in [0, 0.05) is 19.4 Å². The first-order chi connectivity index (χ1) is 13.1. The highest BCUT2D eigenvalue weighted by Crippen LogP contribution is 2.44. The molecular formula is C21H21NO5. The van der Waals surface area contributed by atoms with E-state index in [1.165, 1.54) is 12.0 Å². The average Bonchev–Trinajstić information content (AvgIpc) is 3.26. The number of rotatable bonds is 4. The summed E-state index contributed by atoms with van der Waals surface area (Å²) in [6.45, 7) is 0.400. The van der Waals surface area contributed by atoms with E-state index in [4.69, 9.17) is 9.47 Å². The Morgan fingerprint density at radius 1 is 1.07 bits per heavy atom. The van der Waals surface area contributed by atoms with E-state index >= 15 is 0 Å². The number of methoxy groups -OCH3 is 1. The molecule has 2 aromatic carbocycles. The van der Waals surface area contributed by atoms with Gasteiger partial charge in [0.15, 0.2) is 0 Å². The van der Waals surface area contributed by atoms with Crippen molar-refractivity contribution in [3.8, 4) is 11.1 Å². The molecule has 0 saturated carbocycles. The summed E-state index contributed by atoms with van der Waals surface area (Å²) in [6.07, 6.45) is -0.619. The van der Waals surface area contributed by atoms with E-state index in [2.05, 4.69) is 12.1 Å². The first kappa shape index (κ1) is 17.5. The minimum absolute atomic E-state index is 0.0505. The number of amides is 1. The molecule has 0 bridgehead atoms. The fourth-order valence-corrected chi connectivity index (χ4v) is 4.08. The van der Waals surface area contributed by atoms with E-state index in [0.29, 0.717) is 0 Å². The molecular weight excluding hydrogens is 346 g/mol. The van der Waals surface area contributed by atoms with Gasteiger partial charge in [0.1, 0.15) is 12.6 Å². The summed E-state index contributed by atoms with van der Waals surface area (Å²) < 4.78 is 10.8. The normalized spacial score (nSPS) is 21.0. The first-order valence-corrected chi connectivity index (χ1v) is 8.97. The lowest BCUT2D eigenvalue weighted by Crippen LogP contribution is -2.41. The van der Waals surface area contributed by atoms with Crippen LogP contribution in [0.5, 0.6) is 0 Å². The summed E-state index contributed by atoms with van der Waals surface area (Å²) in [5, 5.41) is 9.38. The Kier molecular flexibility index (Phi) is 4.58. The zero-order valence-corrected chi connectivity index (χ0v) is 15.0. The Morgan fingerprint density at radius 2 is 1.67 bits per heavy atom. The second-order valence-corrected chi connectivity index (χ2v) is 6.90. The topological polar surface area (TPSA) is 76.1 Å². The zero-order valence-electron chi connectivity index (χ0n) is 15.0. The van der Waals surface area contributed by atoms with Crippen molar-refractivity contribution in [1.29, 1.82) is 0 Å². The lowest BCUT2D eigenvalue weighted by molar-refractivity contribution is -0.141. The lowest BCUT2D eigenvalue weighted by Gasteiger charge is -2.22. The maximum Gasteiger partial charge on any atom is 0.410 e. The molecule has 4 rings (SSSR count). The van der Waals surface area contributed by atoms with Crippen LogP contribution < -0.4 is 0 Å². The fraction of sp³-hybridized carbons (Fsp3) is 0.333. The van der Waals surface area contributed by atoms with Crippen LogP contribution >= 0.6 is 0 Å². The van der Waals surface area contributed by atoms with E-state index in [0.717, 1.165) is 22.3 Å². The average molecular weight is 367 g/mol. The molecule has 1 aliphatic carbocycles. The molecule has 0 spiro atoms. The van der Waals surface area contributed by atoms with E-state index in [9.17, 15) is 14.7 Å². The van der Waals surface area contributed by atoms with Crippen molar-refractivity contribution in [2.45, 2.75) is 24.5 Å². The van der Waals surface area contributed by atoms with Gasteiger partial charge < -0.3 is 14.6 Å². The van der Waals surface area contributed by atoms with Crippen LogP contribution in [-0.4, -0.2) is 54.5 Å². The van der Waals surface area contributed by atoms with Crippen molar-refractivity contribution in [2.24, 2.45) is 0 Å². The predicted octanol–water partition coefficient (Wildman–Crippen LogP) is 3.11. The maximum absolute atomic E-state index is 12.6. The minimum Gasteiger partial charge on any atom is -0.480 e. The minimum atomic E-state index is -1.04. The molecule has 2 atom stereocenters. The van der Waals surface area contributed by atoms with E-state index < -0.39 is 18.1 Å². The lowest BCUT2D eigenvalue weighted by atomic mass is 9.98. The number of likely N-dealkylation sites (tertiary alicyclic amines) is 1. The summed E-state index contributed by atoms with van der Waals surface area (Å²) in [6, 6.07) is 15.3. The number of hydrogen-bond donors (Lipinski definition) is 1. The van der Waals surface area contributed by atoms with Gasteiger partial charge in [0.2, 0.25) is 0 Å². The summed E-state index contributed by atoms with van der Waals surface area (Å²) in [5.41, 5.74) is 4.55. The van der Waals surface area contributed by atoms with Crippen molar-refractivity contribution in [3.05, 3.63) is 59.7 Å². The molecule has 2 aromatic rings. The van der Waals surface area contributed by atoms with Crippen molar-refractivity contribution >= 4 is 12.1 Å². The van der Waals surface area contributed by atoms with Crippen LogP contribution in [0, 0.1) is 0 Å². The van der Waals surface area contributed by atoms with E-state index in [1.807, 2.05) is 36.4 Å². The molecule has 2 aliphatic rings. The standard InChI is InChI=1S/C21H21NO5/c1-26-13-10-19(20(23)24)22(11-13)21(25)27-12-18-16-8-4-2-6-14(16)15-7-3-5-9-17(15)18/h2-9,13,18-19H,10-12H2,1H3,(H,23,24). The number of carboxylic acids is 1. The van der Waals surface area contributed by atoms with Crippen molar-refractivity contribution < 1.29 is 24.2 Å². The molecule has 1 aliphatic heterocycles. The molecule has 1 saturated heterocycles. The second-order valence-electron chi connectivity index (χ2n) is 6.90. The number of hydrogen-bond acceptors (Lipinski definition) is 4. The molecule has 6 nitrogen and oxygen atoms in total. The molecule has 27 heavy (non-hydrogen) atoms. The van der Waals surface area contributed by atoms with Gasteiger partial charge in [-0.25, -0.2) is 9.59 Å². The van der Waals surface area contributed by atoms with Gasteiger partial charge in [-0.1, -0.05) is 48.5 Å². The Balaban J connectivity index is 1.52. The van der Waals surface area contributed by atoms with Crippen molar-refractivity contribution in [1.82, 2.24) is 4.90 Å². The first-order valence-electron chi connectivity index (χ1n) is 8.97. The van der Waals surface area contributed by atoms with Crippen LogP contribution in [0.25, 0.3) is 11.1 Å². The quantitative estimate of drug-likeness (QED) is 0.899. The number of benzene rings is 2. The highest BCUT2D eigenvalue weighted by atomic mass is 16.6. The number of nitrogens with zero attached hydrogens (tertiary/aromatic N) is 1. The number of carboxylic acid groups (broad SMARTS) is 1. The SMILES string of the molecule is COC1CC(C(=O)O)N(C(=O)OCC2c3ccccc3-c3ccccc32)C1. The third kappa shape index (κ3) is 3.06. The van der Waals surface area contributed by atoms with E-state index in [1.54, 1.807) is 0 Å². The third-order valence-electron chi connectivity index (χ3n) is 5.45. The number of carbonyl (C=O) groups is 2. The van der Waals surface area contributed by atoms with Crippen LogP contribution in [0.4, 0.5) is 4.79 Å². The second kappa shape index (κ2) is 7.04. The van der Waals surface area contributed by atoms with Crippen LogP contribution in [-0.2, 0) is 14.3 Å². The Hall–Kier alpha value is -2.86. The summed E-state index contributed by atoms with van der Waals surface area (Å²) >= 11 is 0. The highest BCUT2D eigenvalue weighted by Gasteiger charge is 2.41. The Morgan fingerprint density at radius 3 is 2.22 bits per heavy atom. The Labute approximate surface area is 157 Å². The van der Waals surface area contributed by atoms with Gasteiger partial charge in [-0.3, -0.25) is 4.90 Å². The van der Waals surface area contributed by atoms with Gasteiger partial charge in [-0.05, 0) is 22.3 Å². The molecule has 0 radical (unpaired) electrons. The smallest absolute Gasteiger partial charge is 0.410 e. The number of ether oxygens (including phenoxy) is 2. The number of carbonyl (C=O) groups excluding carboxylic acids is 1. The van der Waals surface area contributed by atoms with Gasteiger partial charge in [0.05, 0.1) is 12.6 Å². The van der Waals surface area contributed by atoms with Crippen LogP contribution in [0.1, 0.15) is 23.5 Å². The summed E-state index contributed by atoms with van der Waals surface area (Å²) in [4.78, 5) is 25.3. The largest absolute Gasteiger partial charge is 0.480 e. The zero-order chi connectivity index (χ0) is 19.0. The monoisotopic (exact) mass is 367 g/mol. The molecule has 2 unspecified atom stereocenters. The van der Waals surface area contributed by atoms with Crippen molar-refractivity contribution in [2.75, 3.05) is 20.3 Å². The van der Waals surface area contributed by atoms with Crippen LogP contribution in [0.2, 0.25) is 0 Å². The van der Waals surface area contributed by atoms with Crippen molar-refractivity contribution in [3.63, 3.8) is 0 Å². The van der Waals surface area contributed by atoms with Gasteiger partial charge >= 0.3 is 12.1 Å². The molecule has 0 aromatic heterocycles. The molecule has 1 amide bonds. The highest BCUT2D eigenvalue weighted by molar-refractivity contribution is 5.81. The Bertz CT molecular complexity index is 835. The summed E-state index contributed by atoms with van der Waals surface area (Å²) in [7, 11) is 1.52. The van der Waals surface area contributed by atoms with Gasteiger partial charge in [0.25, 0.3) is 0 Å². The fourth-order valence-electron chi connectivity index (χ4n) is 4.08. The summed E-state index contributed by atoms with van der Waals surface area (Å²) in [5.74, 6) is -1.09. The molecule has 1 heterocycles. The predicted molar refractivity (Wildman–Crippen MR) is 98.6 cm³/mol. The van der Waals surface area contributed by atoms with Crippen LogP contribution in [0.3, 0.4) is 0 Å². The molecule has 140 valence electrons. The third-order valence-corrected chi connectivity index (χ3v) is 5.45. The number of fused-ring (bicyclic) bond motifs is 3. The van der Waals surface area contributed by atoms with Gasteiger partial charge in [-0.2, -0.15) is 0 Å². The maximum atomic E-state index is 12.6.